The van der Waals surface area contributed by atoms with Crippen LogP contribution in [-0.4, -0.2) is 68.0 Å². The summed E-state index contributed by atoms with van der Waals surface area (Å²) in [5.41, 5.74) is 6.23. The minimum absolute atomic E-state index is 0. The van der Waals surface area contributed by atoms with Crippen molar-refractivity contribution in [3.05, 3.63) is 29.8 Å². The second-order valence-corrected chi connectivity index (χ2v) is 8.85. The molecule has 3 rings (SSSR count). The summed E-state index contributed by atoms with van der Waals surface area (Å²) < 4.78 is 32.9. The molecule has 3 atom stereocenters. The third kappa shape index (κ3) is 4.37. The van der Waals surface area contributed by atoms with Gasteiger partial charge in [0, 0.05) is 37.8 Å². The van der Waals surface area contributed by atoms with Crippen LogP contribution in [0.5, 0.6) is 0 Å². The van der Waals surface area contributed by atoms with Crippen LogP contribution in [0.1, 0.15) is 30.6 Å². The summed E-state index contributed by atoms with van der Waals surface area (Å²) in [5.74, 6) is -0.172. The number of rotatable bonds is 3. The number of halogens is 1. The van der Waals surface area contributed by atoms with Crippen LogP contribution in [0.2, 0.25) is 0 Å². The maximum atomic E-state index is 13.0. The van der Waals surface area contributed by atoms with Crippen LogP contribution in [-0.2, 0) is 14.8 Å². The van der Waals surface area contributed by atoms with Crippen LogP contribution >= 0.6 is 12.4 Å². The number of benzene rings is 1. The van der Waals surface area contributed by atoms with Crippen molar-refractivity contribution in [2.24, 2.45) is 5.73 Å². The van der Waals surface area contributed by atoms with Crippen LogP contribution in [0, 0.1) is 0 Å². The molecule has 0 radical (unpaired) electrons. The molecular weight excluding hydrogens is 378 g/mol. The Balaban J connectivity index is 0.00000243. The fraction of sp³-hybridized carbons (Fsp3) is 0.588. The fourth-order valence-electron chi connectivity index (χ4n) is 3.42. The average Bonchev–Trinajstić information content (AvgIpc) is 3.00. The van der Waals surface area contributed by atoms with E-state index in [9.17, 15) is 13.2 Å². The predicted octanol–water partition coefficient (Wildman–Crippen LogP) is 1.08. The first-order valence-electron chi connectivity index (χ1n) is 8.58. The Kier molecular flexibility index (Phi) is 6.68. The van der Waals surface area contributed by atoms with Crippen molar-refractivity contribution in [1.29, 1.82) is 0 Å². The van der Waals surface area contributed by atoms with Crippen molar-refractivity contribution in [2.45, 2.75) is 43.4 Å². The summed E-state index contributed by atoms with van der Waals surface area (Å²) in [4.78, 5) is 14.4. The number of hydrogen-bond donors (Lipinski definition) is 1. The highest BCUT2D eigenvalue weighted by Crippen LogP contribution is 2.23. The van der Waals surface area contributed by atoms with Gasteiger partial charge in [-0.3, -0.25) is 4.79 Å². The van der Waals surface area contributed by atoms with E-state index in [0.29, 0.717) is 31.7 Å². The number of nitrogens with two attached hydrogens (primary N) is 1. The van der Waals surface area contributed by atoms with Gasteiger partial charge in [-0.15, -0.1) is 12.4 Å². The quantitative estimate of drug-likeness (QED) is 0.815. The summed E-state index contributed by atoms with van der Waals surface area (Å²) in [5, 5.41) is 0. The van der Waals surface area contributed by atoms with Gasteiger partial charge in [-0.2, -0.15) is 4.31 Å². The lowest BCUT2D eigenvalue weighted by molar-refractivity contribution is -0.0440. The summed E-state index contributed by atoms with van der Waals surface area (Å²) in [6.45, 7) is 5.45. The van der Waals surface area contributed by atoms with E-state index in [-0.39, 0.29) is 41.5 Å². The highest BCUT2D eigenvalue weighted by atomic mass is 35.5. The largest absolute Gasteiger partial charge is 0.373 e. The molecule has 1 amide bonds. The number of morpholine rings is 1. The van der Waals surface area contributed by atoms with E-state index in [1.54, 1.807) is 17.0 Å². The Morgan fingerprint density at radius 1 is 1.19 bits per heavy atom. The third-order valence-electron chi connectivity index (χ3n) is 4.62. The van der Waals surface area contributed by atoms with Crippen LogP contribution in [0.3, 0.4) is 0 Å². The molecule has 2 aliphatic rings. The van der Waals surface area contributed by atoms with Crippen molar-refractivity contribution in [1.82, 2.24) is 9.21 Å². The minimum Gasteiger partial charge on any atom is -0.373 e. The Labute approximate surface area is 160 Å². The van der Waals surface area contributed by atoms with Crippen LogP contribution in [0.4, 0.5) is 0 Å². The number of carbonyl (C=O) groups excluding carboxylic acids is 1. The second-order valence-electron chi connectivity index (χ2n) is 6.91. The van der Waals surface area contributed by atoms with E-state index in [1.165, 1.54) is 16.4 Å². The van der Waals surface area contributed by atoms with E-state index < -0.39 is 10.0 Å². The van der Waals surface area contributed by atoms with E-state index in [1.807, 2.05) is 13.8 Å². The molecule has 0 saturated carbocycles. The summed E-state index contributed by atoms with van der Waals surface area (Å²) in [6, 6.07) is 6.25. The normalized spacial score (nSPS) is 27.2. The molecule has 1 aromatic carbocycles. The highest BCUT2D eigenvalue weighted by Gasteiger charge is 2.33. The van der Waals surface area contributed by atoms with E-state index in [4.69, 9.17) is 10.5 Å². The number of hydrogen-bond acceptors (Lipinski definition) is 5. The lowest BCUT2D eigenvalue weighted by atomic mass is 10.2. The first kappa shape index (κ1) is 21.1. The van der Waals surface area contributed by atoms with Gasteiger partial charge in [-0.05, 0) is 38.5 Å². The molecule has 0 aliphatic carbocycles. The summed E-state index contributed by atoms with van der Waals surface area (Å²) in [7, 11) is -3.66. The topological polar surface area (TPSA) is 92.9 Å². The zero-order chi connectivity index (χ0) is 18.2. The number of amides is 1. The van der Waals surface area contributed by atoms with Gasteiger partial charge in [0.2, 0.25) is 10.0 Å². The molecule has 2 unspecified atom stereocenters. The van der Waals surface area contributed by atoms with Gasteiger partial charge < -0.3 is 15.4 Å². The molecule has 7 nitrogen and oxygen atoms in total. The fourth-order valence-corrected chi connectivity index (χ4v) is 5.06. The van der Waals surface area contributed by atoms with Crippen LogP contribution in [0.25, 0.3) is 0 Å². The molecule has 146 valence electrons. The molecule has 2 N–H and O–H groups in total. The van der Waals surface area contributed by atoms with Gasteiger partial charge in [-0.1, -0.05) is 6.07 Å². The van der Waals surface area contributed by atoms with E-state index in [0.717, 1.165) is 6.42 Å². The van der Waals surface area contributed by atoms with Gasteiger partial charge in [0.25, 0.3) is 5.91 Å². The van der Waals surface area contributed by atoms with Gasteiger partial charge in [0.15, 0.2) is 0 Å². The molecule has 9 heteroatoms. The molecule has 2 fully saturated rings. The van der Waals surface area contributed by atoms with Crippen molar-refractivity contribution in [3.8, 4) is 0 Å². The number of likely N-dealkylation sites (tertiary alicyclic amines) is 1. The summed E-state index contributed by atoms with van der Waals surface area (Å²) in [6.07, 6.45) is 0.455. The van der Waals surface area contributed by atoms with Crippen molar-refractivity contribution < 1.29 is 17.9 Å². The molecule has 0 aromatic heterocycles. The minimum atomic E-state index is -3.66. The number of carbonyl (C=O) groups is 1. The zero-order valence-corrected chi connectivity index (χ0v) is 16.6. The highest BCUT2D eigenvalue weighted by molar-refractivity contribution is 7.89. The molecule has 2 aliphatic heterocycles. The number of sulfonamides is 1. The first-order chi connectivity index (χ1) is 11.8. The molecule has 2 saturated heterocycles. The molecule has 26 heavy (non-hydrogen) atoms. The maximum absolute atomic E-state index is 13.0. The standard InChI is InChI=1S/C17H25N3O4S.ClH/c1-12-9-20(10-13(2)24-12)25(22,23)16-5-3-4-14(8-16)17(21)19-7-6-15(18)11-19;/h3-5,8,12-13,15H,6-7,9-11,18H2,1-2H3;1H/t12?,13?,15-;/m1./s1. The van der Waals surface area contributed by atoms with Crippen molar-refractivity contribution in [3.63, 3.8) is 0 Å². The van der Waals surface area contributed by atoms with E-state index in [2.05, 4.69) is 0 Å². The third-order valence-corrected chi connectivity index (χ3v) is 6.44. The number of nitrogens with zero attached hydrogens (tertiary/aromatic N) is 2. The van der Waals surface area contributed by atoms with Crippen molar-refractivity contribution in [2.75, 3.05) is 26.2 Å². The Morgan fingerprint density at radius 2 is 1.85 bits per heavy atom. The lowest BCUT2D eigenvalue weighted by Gasteiger charge is -2.34. The van der Waals surface area contributed by atoms with Gasteiger partial charge >= 0.3 is 0 Å². The number of ether oxygens (including phenoxy) is 1. The monoisotopic (exact) mass is 403 g/mol. The lowest BCUT2D eigenvalue weighted by Crippen LogP contribution is -2.48. The zero-order valence-electron chi connectivity index (χ0n) is 15.0. The Hall–Kier alpha value is -1.19. The smallest absolute Gasteiger partial charge is 0.253 e. The Bertz CT molecular complexity index is 748. The van der Waals surface area contributed by atoms with Crippen LogP contribution in [0.15, 0.2) is 29.2 Å². The Morgan fingerprint density at radius 3 is 2.42 bits per heavy atom. The second kappa shape index (κ2) is 8.22. The van der Waals surface area contributed by atoms with Gasteiger partial charge in [0.05, 0.1) is 17.1 Å². The predicted molar refractivity (Wildman–Crippen MR) is 101 cm³/mol. The van der Waals surface area contributed by atoms with Crippen molar-refractivity contribution >= 4 is 28.3 Å². The first-order valence-corrected chi connectivity index (χ1v) is 10.0. The summed E-state index contributed by atoms with van der Waals surface area (Å²) >= 11 is 0. The molecule has 0 spiro atoms. The molecular formula is C17H26ClN3O4S. The van der Waals surface area contributed by atoms with Gasteiger partial charge in [-0.25, -0.2) is 8.42 Å². The molecule has 2 heterocycles. The SMILES string of the molecule is CC1CN(S(=O)(=O)c2cccc(C(=O)N3CC[C@@H](N)C3)c2)CC(C)O1.Cl. The van der Waals surface area contributed by atoms with Gasteiger partial charge in [0.1, 0.15) is 0 Å². The maximum Gasteiger partial charge on any atom is 0.253 e. The van der Waals surface area contributed by atoms with E-state index >= 15 is 0 Å². The van der Waals surface area contributed by atoms with Crippen LogP contribution < -0.4 is 5.73 Å². The molecule has 1 aromatic rings. The molecule has 0 bridgehead atoms. The average molecular weight is 404 g/mol.